The molecule has 0 bridgehead atoms. The first-order valence-corrected chi connectivity index (χ1v) is 5.73. The second-order valence-electron chi connectivity index (χ2n) is 4.00. The van der Waals surface area contributed by atoms with E-state index in [2.05, 4.69) is 11.6 Å². The standard InChI is InChI=1S/C12H16N2O2S/c1-4-7-14-11(16)9(6-5-8(2)3)10(15)13-12(14)17/h4-6,8,16H,1,7H2,2-3H3,(H,13,15,17). The molecule has 0 unspecified atom stereocenters. The van der Waals surface area contributed by atoms with Gasteiger partial charge in [-0.3, -0.25) is 14.3 Å². The second-order valence-corrected chi connectivity index (χ2v) is 4.39. The number of aromatic hydroxyl groups is 1. The van der Waals surface area contributed by atoms with Gasteiger partial charge in [0.2, 0.25) is 5.88 Å². The van der Waals surface area contributed by atoms with Gasteiger partial charge < -0.3 is 5.11 Å². The summed E-state index contributed by atoms with van der Waals surface area (Å²) in [6.07, 6.45) is 5.04. The van der Waals surface area contributed by atoms with Crippen molar-refractivity contribution in [1.29, 1.82) is 0 Å². The van der Waals surface area contributed by atoms with Crippen molar-refractivity contribution >= 4 is 18.3 Å². The Bertz CT molecular complexity index is 553. The number of hydrogen-bond donors (Lipinski definition) is 2. The summed E-state index contributed by atoms with van der Waals surface area (Å²) in [5.74, 6) is 0.167. The Hall–Kier alpha value is -1.62. The number of nitrogens with one attached hydrogen (secondary N) is 1. The first-order valence-electron chi connectivity index (χ1n) is 5.32. The number of hydrogen-bond acceptors (Lipinski definition) is 3. The lowest BCUT2D eigenvalue weighted by Crippen LogP contribution is -2.16. The molecule has 0 aliphatic heterocycles. The van der Waals surface area contributed by atoms with E-state index in [0.717, 1.165) is 0 Å². The van der Waals surface area contributed by atoms with Crippen LogP contribution in [0, 0.1) is 10.7 Å². The molecule has 0 radical (unpaired) electrons. The fourth-order valence-electron chi connectivity index (χ4n) is 1.31. The zero-order valence-electron chi connectivity index (χ0n) is 9.93. The van der Waals surface area contributed by atoms with Gasteiger partial charge in [-0.05, 0) is 24.2 Å². The molecule has 0 atom stereocenters. The molecule has 5 heteroatoms. The maximum Gasteiger partial charge on any atom is 0.262 e. The zero-order valence-corrected chi connectivity index (χ0v) is 10.8. The third kappa shape index (κ3) is 3.17. The molecule has 0 saturated carbocycles. The Morgan fingerprint density at radius 3 is 2.76 bits per heavy atom. The van der Waals surface area contributed by atoms with E-state index in [1.807, 2.05) is 19.9 Å². The van der Waals surface area contributed by atoms with Crippen LogP contribution in [0.2, 0.25) is 0 Å². The van der Waals surface area contributed by atoms with Crippen molar-refractivity contribution in [3.8, 4) is 5.88 Å². The number of allylic oxidation sites excluding steroid dienone is 2. The summed E-state index contributed by atoms with van der Waals surface area (Å²) in [6.45, 7) is 7.90. The number of aromatic amines is 1. The SMILES string of the molecule is C=CCn1c(O)c(C=CC(C)C)c(=O)[nH]c1=S. The molecule has 0 saturated heterocycles. The van der Waals surface area contributed by atoms with E-state index in [0.29, 0.717) is 12.5 Å². The molecule has 2 N–H and O–H groups in total. The van der Waals surface area contributed by atoms with Crippen molar-refractivity contribution in [3.63, 3.8) is 0 Å². The monoisotopic (exact) mass is 252 g/mol. The van der Waals surface area contributed by atoms with Gasteiger partial charge in [0.1, 0.15) is 0 Å². The fraction of sp³-hybridized carbons (Fsp3) is 0.333. The summed E-state index contributed by atoms with van der Waals surface area (Å²) >= 11 is 4.96. The minimum absolute atomic E-state index is 0.129. The van der Waals surface area contributed by atoms with Crippen LogP contribution in [-0.2, 0) is 6.54 Å². The molecule has 0 aromatic carbocycles. The Labute approximate surface area is 105 Å². The van der Waals surface area contributed by atoms with E-state index in [4.69, 9.17) is 12.2 Å². The molecule has 0 aliphatic carbocycles. The topological polar surface area (TPSA) is 58.0 Å². The lowest BCUT2D eigenvalue weighted by atomic mass is 10.1. The second kappa shape index (κ2) is 5.63. The molecule has 92 valence electrons. The smallest absolute Gasteiger partial charge is 0.262 e. The van der Waals surface area contributed by atoms with Crippen LogP contribution in [0.15, 0.2) is 23.5 Å². The number of H-pyrrole nitrogens is 1. The first kappa shape index (κ1) is 13.4. The van der Waals surface area contributed by atoms with Crippen LogP contribution in [0.4, 0.5) is 0 Å². The van der Waals surface area contributed by atoms with Crippen molar-refractivity contribution in [2.75, 3.05) is 0 Å². The summed E-state index contributed by atoms with van der Waals surface area (Å²) in [7, 11) is 0. The van der Waals surface area contributed by atoms with Gasteiger partial charge in [0, 0.05) is 6.54 Å². The van der Waals surface area contributed by atoms with Crippen LogP contribution in [0.5, 0.6) is 5.88 Å². The quantitative estimate of drug-likeness (QED) is 0.639. The third-order valence-electron chi connectivity index (χ3n) is 2.17. The molecule has 0 aliphatic rings. The van der Waals surface area contributed by atoms with Crippen LogP contribution in [0.1, 0.15) is 19.4 Å². The predicted octanol–water partition coefficient (Wildman–Crippen LogP) is 2.47. The van der Waals surface area contributed by atoms with Crippen molar-refractivity contribution < 1.29 is 5.11 Å². The highest BCUT2D eigenvalue weighted by atomic mass is 32.1. The highest BCUT2D eigenvalue weighted by molar-refractivity contribution is 7.71. The summed E-state index contributed by atoms with van der Waals surface area (Å²) < 4.78 is 1.61. The van der Waals surface area contributed by atoms with Gasteiger partial charge in [-0.25, -0.2) is 0 Å². The average Bonchev–Trinajstić information content (AvgIpc) is 2.23. The summed E-state index contributed by atoms with van der Waals surface area (Å²) in [4.78, 5) is 14.2. The van der Waals surface area contributed by atoms with E-state index in [-0.39, 0.29) is 21.8 Å². The first-order chi connectivity index (χ1) is 7.97. The molecule has 1 heterocycles. The Morgan fingerprint density at radius 2 is 2.24 bits per heavy atom. The maximum absolute atomic E-state index is 11.7. The number of rotatable bonds is 4. The van der Waals surface area contributed by atoms with E-state index in [1.165, 1.54) is 4.57 Å². The molecular formula is C12H16N2O2S. The highest BCUT2D eigenvalue weighted by Gasteiger charge is 2.08. The van der Waals surface area contributed by atoms with Crippen LogP contribution in [0.3, 0.4) is 0 Å². The summed E-state index contributed by atoms with van der Waals surface area (Å²) in [5, 5.41) is 9.97. The number of aromatic nitrogens is 2. The van der Waals surface area contributed by atoms with E-state index >= 15 is 0 Å². The van der Waals surface area contributed by atoms with Gasteiger partial charge in [-0.1, -0.05) is 26.0 Å². The predicted molar refractivity (Wildman–Crippen MR) is 71.6 cm³/mol. The van der Waals surface area contributed by atoms with Crippen LogP contribution < -0.4 is 5.56 Å². The number of nitrogens with zero attached hydrogens (tertiary/aromatic N) is 1. The van der Waals surface area contributed by atoms with Gasteiger partial charge in [0.25, 0.3) is 5.56 Å². The van der Waals surface area contributed by atoms with Crippen molar-refractivity contribution in [2.45, 2.75) is 20.4 Å². The van der Waals surface area contributed by atoms with Gasteiger partial charge >= 0.3 is 0 Å². The van der Waals surface area contributed by atoms with Crippen molar-refractivity contribution in [2.24, 2.45) is 5.92 Å². The molecule has 0 amide bonds. The third-order valence-corrected chi connectivity index (χ3v) is 2.49. The Morgan fingerprint density at radius 1 is 1.59 bits per heavy atom. The highest BCUT2D eigenvalue weighted by Crippen LogP contribution is 2.15. The molecule has 1 aromatic rings. The van der Waals surface area contributed by atoms with Gasteiger partial charge in [0.05, 0.1) is 5.56 Å². The molecule has 1 aromatic heterocycles. The molecule has 0 spiro atoms. The largest absolute Gasteiger partial charge is 0.494 e. The van der Waals surface area contributed by atoms with Crippen LogP contribution in [-0.4, -0.2) is 14.7 Å². The van der Waals surface area contributed by atoms with Crippen molar-refractivity contribution in [3.05, 3.63) is 39.4 Å². The molecule has 4 nitrogen and oxygen atoms in total. The lowest BCUT2D eigenvalue weighted by Gasteiger charge is -2.08. The normalized spacial score (nSPS) is 11.2. The average molecular weight is 252 g/mol. The summed E-state index contributed by atoms with van der Waals surface area (Å²) in [6, 6.07) is 0. The lowest BCUT2D eigenvalue weighted by molar-refractivity contribution is 0.412. The zero-order chi connectivity index (χ0) is 13.0. The van der Waals surface area contributed by atoms with Gasteiger partial charge in [-0.15, -0.1) is 6.58 Å². The van der Waals surface area contributed by atoms with E-state index in [1.54, 1.807) is 12.2 Å². The van der Waals surface area contributed by atoms with Crippen LogP contribution in [0.25, 0.3) is 6.08 Å². The Balaban J connectivity index is 3.40. The van der Waals surface area contributed by atoms with E-state index < -0.39 is 0 Å². The molecule has 17 heavy (non-hydrogen) atoms. The molecule has 0 fully saturated rings. The van der Waals surface area contributed by atoms with Gasteiger partial charge in [-0.2, -0.15) is 0 Å². The van der Waals surface area contributed by atoms with E-state index in [9.17, 15) is 9.90 Å². The summed E-state index contributed by atoms with van der Waals surface area (Å²) in [5.41, 5.74) is -0.168. The Kier molecular flexibility index (Phi) is 4.45. The van der Waals surface area contributed by atoms with Crippen LogP contribution >= 0.6 is 12.2 Å². The minimum atomic E-state index is -0.385. The molecule has 1 rings (SSSR count). The molecular weight excluding hydrogens is 236 g/mol. The minimum Gasteiger partial charge on any atom is -0.494 e. The van der Waals surface area contributed by atoms with Gasteiger partial charge in [0.15, 0.2) is 4.77 Å². The maximum atomic E-state index is 11.7. The fourth-order valence-corrected chi connectivity index (χ4v) is 1.57. The van der Waals surface area contributed by atoms with Crippen molar-refractivity contribution in [1.82, 2.24) is 9.55 Å².